The maximum absolute atomic E-state index is 13.1. The molecule has 8 heteroatoms. The van der Waals surface area contributed by atoms with Crippen LogP contribution in [0.3, 0.4) is 0 Å². The Balaban J connectivity index is 1.75. The van der Waals surface area contributed by atoms with Gasteiger partial charge in [0.25, 0.3) is 5.56 Å². The lowest BCUT2D eigenvalue weighted by Gasteiger charge is -2.38. The maximum atomic E-state index is 13.1. The fourth-order valence-corrected chi connectivity index (χ4v) is 5.31. The summed E-state index contributed by atoms with van der Waals surface area (Å²) in [6.07, 6.45) is 4.69. The van der Waals surface area contributed by atoms with E-state index in [1.165, 1.54) is 18.4 Å². The predicted molar refractivity (Wildman–Crippen MR) is 129 cm³/mol. The van der Waals surface area contributed by atoms with Gasteiger partial charge in [0.15, 0.2) is 5.82 Å². The highest BCUT2D eigenvalue weighted by molar-refractivity contribution is 5.83. The summed E-state index contributed by atoms with van der Waals surface area (Å²) < 4.78 is 7.12. The first-order valence-corrected chi connectivity index (χ1v) is 12.0. The lowest BCUT2D eigenvalue weighted by atomic mass is 9.97. The maximum Gasteiger partial charge on any atom is 0.252 e. The molecule has 0 bridgehead atoms. The molecule has 1 saturated carbocycles. The van der Waals surface area contributed by atoms with Crippen LogP contribution in [-0.4, -0.2) is 49.8 Å². The summed E-state index contributed by atoms with van der Waals surface area (Å²) in [5, 5.41) is 13.8. The van der Waals surface area contributed by atoms with E-state index in [0.717, 1.165) is 40.7 Å². The minimum Gasteiger partial charge on any atom is -0.383 e. The summed E-state index contributed by atoms with van der Waals surface area (Å²) in [6, 6.07) is 6.70. The molecule has 1 aliphatic rings. The van der Waals surface area contributed by atoms with Crippen LogP contribution in [0, 0.1) is 19.8 Å². The fourth-order valence-electron chi connectivity index (χ4n) is 5.31. The van der Waals surface area contributed by atoms with Crippen molar-refractivity contribution in [3.63, 3.8) is 0 Å². The van der Waals surface area contributed by atoms with Gasteiger partial charge in [-0.3, -0.25) is 9.69 Å². The number of nitrogens with zero attached hydrogens (tertiary/aromatic N) is 5. The fraction of sp³-hybridized carbons (Fsp3) is 0.600. The van der Waals surface area contributed by atoms with Gasteiger partial charge in [0.2, 0.25) is 0 Å². The number of aromatic nitrogens is 5. The number of methoxy groups -OCH3 is 1. The van der Waals surface area contributed by atoms with Crippen molar-refractivity contribution in [3.05, 3.63) is 51.1 Å². The van der Waals surface area contributed by atoms with Crippen molar-refractivity contribution in [1.82, 2.24) is 30.1 Å². The van der Waals surface area contributed by atoms with E-state index in [4.69, 9.17) is 4.74 Å². The summed E-state index contributed by atoms with van der Waals surface area (Å²) >= 11 is 0. The van der Waals surface area contributed by atoms with E-state index in [1.54, 1.807) is 7.11 Å². The van der Waals surface area contributed by atoms with Crippen LogP contribution < -0.4 is 5.56 Å². The molecular weight excluding hydrogens is 416 g/mol. The molecule has 8 nitrogen and oxygen atoms in total. The van der Waals surface area contributed by atoms with Crippen LogP contribution in [0.15, 0.2) is 23.0 Å². The Bertz CT molecular complexity index is 1150. The molecule has 0 unspecified atom stereocenters. The van der Waals surface area contributed by atoms with Crippen LogP contribution in [0.25, 0.3) is 10.9 Å². The zero-order chi connectivity index (χ0) is 23.5. The van der Waals surface area contributed by atoms with Crippen molar-refractivity contribution >= 4 is 10.9 Å². The van der Waals surface area contributed by atoms with E-state index in [-0.39, 0.29) is 17.5 Å². The van der Waals surface area contributed by atoms with E-state index in [2.05, 4.69) is 65.2 Å². The average molecular weight is 453 g/mol. The standard InChI is InChI=1S/C25H36N6O2/c1-16(2)23(24-27-28-29-31(24)10-11-33-5)30(20-8-6-7-9-20)15-19-14-21-18(4)12-17(3)13-22(21)26-25(19)32/h12-14,16,20,23H,6-11,15H2,1-5H3,(H,26,32)/t23-/m1/s1. The molecule has 1 atom stereocenters. The Kier molecular flexibility index (Phi) is 7.24. The van der Waals surface area contributed by atoms with Gasteiger partial charge in [0, 0.05) is 36.2 Å². The molecule has 0 amide bonds. The molecule has 0 spiro atoms. The molecule has 4 rings (SSSR count). The summed E-state index contributed by atoms with van der Waals surface area (Å²) in [6.45, 7) is 10.3. The van der Waals surface area contributed by atoms with Gasteiger partial charge < -0.3 is 9.72 Å². The van der Waals surface area contributed by atoms with Crippen LogP contribution in [0.1, 0.15) is 68.1 Å². The molecule has 178 valence electrons. The molecule has 1 aliphatic carbocycles. The molecule has 0 radical (unpaired) electrons. The number of hydrogen-bond acceptors (Lipinski definition) is 6. The van der Waals surface area contributed by atoms with Crippen molar-refractivity contribution < 1.29 is 4.74 Å². The van der Waals surface area contributed by atoms with Gasteiger partial charge in [-0.2, -0.15) is 0 Å². The topological polar surface area (TPSA) is 88.9 Å². The normalized spacial score (nSPS) is 15.8. The molecule has 2 aromatic heterocycles. The minimum atomic E-state index is -0.0167. The Hall–Kier alpha value is -2.58. The Morgan fingerprint density at radius 3 is 2.67 bits per heavy atom. The number of aromatic amines is 1. The van der Waals surface area contributed by atoms with E-state index >= 15 is 0 Å². The Morgan fingerprint density at radius 1 is 1.21 bits per heavy atom. The number of ether oxygens (including phenoxy) is 1. The Morgan fingerprint density at radius 2 is 1.97 bits per heavy atom. The number of tetrazole rings is 1. The van der Waals surface area contributed by atoms with Crippen LogP contribution in [0.4, 0.5) is 0 Å². The summed E-state index contributed by atoms with van der Waals surface area (Å²) in [4.78, 5) is 18.8. The molecule has 0 aliphatic heterocycles. The first kappa shape index (κ1) is 23.6. The van der Waals surface area contributed by atoms with Gasteiger partial charge >= 0.3 is 0 Å². The first-order valence-electron chi connectivity index (χ1n) is 12.0. The Labute approximate surface area is 195 Å². The molecule has 1 N–H and O–H groups in total. The highest BCUT2D eigenvalue weighted by atomic mass is 16.5. The number of H-pyrrole nitrogens is 1. The van der Waals surface area contributed by atoms with Gasteiger partial charge in [0.1, 0.15) is 0 Å². The second-order valence-corrected chi connectivity index (χ2v) is 9.72. The lowest BCUT2D eigenvalue weighted by molar-refractivity contribution is 0.0822. The number of pyridine rings is 1. The molecule has 1 aromatic carbocycles. The van der Waals surface area contributed by atoms with Crippen LogP contribution in [0.2, 0.25) is 0 Å². The zero-order valence-corrected chi connectivity index (χ0v) is 20.5. The largest absolute Gasteiger partial charge is 0.383 e. The van der Waals surface area contributed by atoms with Crippen LogP contribution in [0.5, 0.6) is 0 Å². The molecule has 2 heterocycles. The van der Waals surface area contributed by atoms with Gasteiger partial charge in [-0.05, 0) is 66.3 Å². The molecule has 33 heavy (non-hydrogen) atoms. The monoisotopic (exact) mass is 452 g/mol. The van der Waals surface area contributed by atoms with Gasteiger partial charge in [-0.1, -0.05) is 32.8 Å². The van der Waals surface area contributed by atoms with Crippen molar-refractivity contribution in [3.8, 4) is 0 Å². The third kappa shape index (κ3) is 5.01. The van der Waals surface area contributed by atoms with Crippen LogP contribution in [-0.2, 0) is 17.8 Å². The molecular formula is C25H36N6O2. The van der Waals surface area contributed by atoms with Crippen molar-refractivity contribution in [2.45, 2.75) is 78.6 Å². The first-order chi connectivity index (χ1) is 15.9. The van der Waals surface area contributed by atoms with Crippen molar-refractivity contribution in [2.24, 2.45) is 5.92 Å². The minimum absolute atomic E-state index is 0.00849. The van der Waals surface area contributed by atoms with E-state index in [9.17, 15) is 4.79 Å². The average Bonchev–Trinajstić information content (AvgIpc) is 3.44. The third-order valence-corrected chi connectivity index (χ3v) is 6.86. The van der Waals surface area contributed by atoms with Crippen LogP contribution >= 0.6 is 0 Å². The van der Waals surface area contributed by atoms with Gasteiger partial charge in [-0.25, -0.2) is 4.68 Å². The van der Waals surface area contributed by atoms with Crippen molar-refractivity contribution in [2.75, 3.05) is 13.7 Å². The van der Waals surface area contributed by atoms with Gasteiger partial charge in [0.05, 0.1) is 19.2 Å². The second kappa shape index (κ2) is 10.1. The number of aryl methyl sites for hydroxylation is 2. The molecule has 3 aromatic rings. The number of nitrogens with one attached hydrogen (secondary N) is 1. The van der Waals surface area contributed by atoms with Gasteiger partial charge in [-0.15, -0.1) is 5.10 Å². The number of benzene rings is 1. The third-order valence-electron chi connectivity index (χ3n) is 6.86. The lowest BCUT2D eigenvalue weighted by Crippen LogP contribution is -2.41. The zero-order valence-electron chi connectivity index (χ0n) is 20.5. The molecule has 0 saturated heterocycles. The van der Waals surface area contributed by atoms with E-state index in [1.807, 2.05) is 10.7 Å². The van der Waals surface area contributed by atoms with E-state index in [0.29, 0.717) is 25.7 Å². The summed E-state index contributed by atoms with van der Waals surface area (Å²) in [5.41, 5.74) is 4.01. The molecule has 1 fully saturated rings. The highest BCUT2D eigenvalue weighted by Gasteiger charge is 2.35. The smallest absolute Gasteiger partial charge is 0.252 e. The summed E-state index contributed by atoms with van der Waals surface area (Å²) in [7, 11) is 1.68. The highest BCUT2D eigenvalue weighted by Crippen LogP contribution is 2.36. The second-order valence-electron chi connectivity index (χ2n) is 9.72. The SMILES string of the molecule is COCCn1nnnc1[C@@H](C(C)C)N(Cc1cc2c(C)cc(C)cc2[nH]c1=O)C1CCCC1. The predicted octanol–water partition coefficient (Wildman–Crippen LogP) is 3.92. The summed E-state index contributed by atoms with van der Waals surface area (Å²) in [5.74, 6) is 1.12. The van der Waals surface area contributed by atoms with E-state index < -0.39 is 0 Å². The number of rotatable bonds is 9. The van der Waals surface area contributed by atoms with Crippen molar-refractivity contribution in [1.29, 1.82) is 0 Å². The number of fused-ring (bicyclic) bond motifs is 1. The quantitative estimate of drug-likeness (QED) is 0.529. The number of hydrogen-bond donors (Lipinski definition) is 1.